The molecule has 0 aromatic heterocycles. The van der Waals surface area contributed by atoms with Crippen LogP contribution in [0.15, 0.2) is 36.4 Å². The van der Waals surface area contributed by atoms with Crippen LogP contribution in [0.3, 0.4) is 0 Å². The third kappa shape index (κ3) is 3.01. The molecule has 0 atom stereocenters. The van der Waals surface area contributed by atoms with E-state index in [-0.39, 0.29) is 0 Å². The van der Waals surface area contributed by atoms with Gasteiger partial charge in [0.2, 0.25) is 0 Å². The zero-order chi connectivity index (χ0) is 15.6. The molecule has 0 N–H and O–H groups in total. The lowest BCUT2D eigenvalue weighted by molar-refractivity contribution is 0.480. The van der Waals surface area contributed by atoms with E-state index in [0.717, 1.165) is 11.1 Å². The lowest BCUT2D eigenvalue weighted by Gasteiger charge is -2.42. The maximum Gasteiger partial charge on any atom is 0.258 e. The molecule has 0 unspecified atom stereocenters. The first kappa shape index (κ1) is 16.1. The molecule has 2 rings (SSSR count). The fourth-order valence-electron chi connectivity index (χ4n) is 3.72. The Hall–Kier alpha value is -1.28. The summed E-state index contributed by atoms with van der Waals surface area (Å²) in [6.45, 7) is 13.9. The summed E-state index contributed by atoms with van der Waals surface area (Å²) in [6, 6.07) is 15.8. The zero-order valence-corrected chi connectivity index (χ0v) is 15.1. The molecule has 0 spiro atoms. The average molecular weight is 300 g/mol. The standard InChI is InChI=1S/C19H27OSi/c1-14(2)21(15(3)4,16(5)6)20-19-12-11-17-9-7-8-10-18(17)13-19/h7-9,11-16H,1-6H3. The van der Waals surface area contributed by atoms with E-state index < -0.39 is 8.32 Å². The van der Waals surface area contributed by atoms with E-state index in [4.69, 9.17) is 4.43 Å². The van der Waals surface area contributed by atoms with Crippen LogP contribution >= 0.6 is 0 Å². The van der Waals surface area contributed by atoms with Crippen LogP contribution in [0, 0.1) is 6.07 Å². The van der Waals surface area contributed by atoms with Crippen molar-refractivity contribution in [3.63, 3.8) is 0 Å². The van der Waals surface area contributed by atoms with Crippen molar-refractivity contribution in [1.29, 1.82) is 0 Å². The highest BCUT2D eigenvalue weighted by atomic mass is 28.4. The highest BCUT2D eigenvalue weighted by Crippen LogP contribution is 2.43. The van der Waals surface area contributed by atoms with Crippen LogP contribution in [0.5, 0.6) is 5.75 Å². The second-order valence-corrected chi connectivity index (χ2v) is 12.2. The van der Waals surface area contributed by atoms with Crippen LogP contribution in [0.1, 0.15) is 41.5 Å². The monoisotopic (exact) mass is 299 g/mol. The normalized spacial score (nSPS) is 12.6. The first-order valence-electron chi connectivity index (χ1n) is 7.97. The van der Waals surface area contributed by atoms with Gasteiger partial charge in [0.1, 0.15) is 5.75 Å². The fourth-order valence-corrected chi connectivity index (χ4v) is 8.96. The van der Waals surface area contributed by atoms with Crippen molar-refractivity contribution in [3.05, 3.63) is 42.5 Å². The molecule has 1 radical (unpaired) electrons. The van der Waals surface area contributed by atoms with Crippen LogP contribution in [-0.4, -0.2) is 8.32 Å². The van der Waals surface area contributed by atoms with Crippen LogP contribution in [0.2, 0.25) is 16.6 Å². The van der Waals surface area contributed by atoms with E-state index in [1.807, 2.05) is 12.1 Å². The molecule has 0 aliphatic heterocycles. The number of fused-ring (bicyclic) bond motifs is 1. The predicted octanol–water partition coefficient (Wildman–Crippen LogP) is 6.19. The van der Waals surface area contributed by atoms with Gasteiger partial charge in [-0.25, -0.2) is 0 Å². The molecule has 0 saturated heterocycles. The average Bonchev–Trinajstić information content (AvgIpc) is 2.43. The van der Waals surface area contributed by atoms with Gasteiger partial charge in [0.15, 0.2) is 0 Å². The van der Waals surface area contributed by atoms with Crippen LogP contribution < -0.4 is 4.43 Å². The highest BCUT2D eigenvalue weighted by molar-refractivity contribution is 6.78. The topological polar surface area (TPSA) is 9.23 Å². The molecule has 2 heteroatoms. The molecule has 0 aliphatic carbocycles. The first-order chi connectivity index (χ1) is 9.87. The van der Waals surface area contributed by atoms with Crippen LogP contribution in [0.4, 0.5) is 0 Å². The minimum Gasteiger partial charge on any atom is -0.543 e. The maximum absolute atomic E-state index is 6.71. The van der Waals surface area contributed by atoms with Gasteiger partial charge in [0, 0.05) is 0 Å². The van der Waals surface area contributed by atoms with Gasteiger partial charge in [0.05, 0.1) is 0 Å². The molecule has 2 aromatic rings. The molecule has 2 aromatic carbocycles. The Balaban J connectivity index is 2.43. The first-order valence-corrected chi connectivity index (χ1v) is 10.1. The SMILES string of the molecule is CC(C)[Si](Oc1ccc2ccc[c]c2c1)(C(C)C)C(C)C. The molecule has 0 amide bonds. The quantitative estimate of drug-likeness (QED) is 0.598. The zero-order valence-electron chi connectivity index (χ0n) is 14.1. The largest absolute Gasteiger partial charge is 0.543 e. The summed E-state index contributed by atoms with van der Waals surface area (Å²) in [5.74, 6) is 1.01. The summed E-state index contributed by atoms with van der Waals surface area (Å²) in [4.78, 5) is 0. The third-order valence-electron chi connectivity index (χ3n) is 4.64. The Morgan fingerprint density at radius 1 is 0.905 bits per heavy atom. The summed E-state index contributed by atoms with van der Waals surface area (Å²) in [7, 11) is -1.87. The van der Waals surface area contributed by atoms with Gasteiger partial charge < -0.3 is 4.43 Å². The van der Waals surface area contributed by atoms with Crippen molar-refractivity contribution in [2.45, 2.75) is 58.2 Å². The second-order valence-electron chi connectivity index (χ2n) is 6.84. The van der Waals surface area contributed by atoms with Gasteiger partial charge in [-0.05, 0) is 45.6 Å². The number of hydrogen-bond acceptors (Lipinski definition) is 1. The Morgan fingerprint density at radius 3 is 2.10 bits per heavy atom. The minimum atomic E-state index is -1.87. The number of rotatable bonds is 5. The smallest absolute Gasteiger partial charge is 0.258 e. The van der Waals surface area contributed by atoms with E-state index in [2.05, 4.69) is 71.9 Å². The lowest BCUT2D eigenvalue weighted by atomic mass is 10.1. The van der Waals surface area contributed by atoms with E-state index in [1.54, 1.807) is 0 Å². The van der Waals surface area contributed by atoms with Gasteiger partial charge in [-0.2, -0.15) is 0 Å². The van der Waals surface area contributed by atoms with Gasteiger partial charge in [-0.15, -0.1) is 0 Å². The Kier molecular flexibility index (Phi) is 4.77. The van der Waals surface area contributed by atoms with Gasteiger partial charge in [-0.1, -0.05) is 65.8 Å². The summed E-state index contributed by atoms with van der Waals surface area (Å²) in [5.41, 5.74) is 1.77. The molecule has 1 nitrogen and oxygen atoms in total. The fraction of sp³-hybridized carbons (Fsp3) is 0.474. The van der Waals surface area contributed by atoms with Crippen molar-refractivity contribution in [2.75, 3.05) is 0 Å². The lowest BCUT2D eigenvalue weighted by Crippen LogP contribution is -2.50. The molecule has 0 aliphatic rings. The molecular weight excluding hydrogens is 272 g/mol. The number of benzene rings is 2. The second kappa shape index (κ2) is 6.23. The molecular formula is C19H27OSi. The van der Waals surface area contributed by atoms with Crippen molar-refractivity contribution in [1.82, 2.24) is 0 Å². The van der Waals surface area contributed by atoms with E-state index >= 15 is 0 Å². The van der Waals surface area contributed by atoms with Crippen LogP contribution in [0.25, 0.3) is 10.8 Å². The molecule has 0 bridgehead atoms. The molecule has 0 fully saturated rings. The van der Waals surface area contributed by atoms with Crippen molar-refractivity contribution >= 4 is 19.1 Å². The molecule has 113 valence electrons. The van der Waals surface area contributed by atoms with Crippen molar-refractivity contribution in [2.24, 2.45) is 0 Å². The predicted molar refractivity (Wildman–Crippen MR) is 94.5 cm³/mol. The summed E-state index contributed by atoms with van der Waals surface area (Å²) < 4.78 is 6.71. The molecule has 0 heterocycles. The van der Waals surface area contributed by atoms with Crippen LogP contribution in [-0.2, 0) is 0 Å². The van der Waals surface area contributed by atoms with Crippen molar-refractivity contribution < 1.29 is 4.43 Å². The minimum absolute atomic E-state index is 0.591. The Labute approximate surface area is 130 Å². The van der Waals surface area contributed by atoms with E-state index in [1.165, 1.54) is 5.39 Å². The van der Waals surface area contributed by atoms with E-state index in [9.17, 15) is 0 Å². The van der Waals surface area contributed by atoms with Gasteiger partial charge in [-0.3, -0.25) is 0 Å². The molecule has 0 saturated carbocycles. The van der Waals surface area contributed by atoms with E-state index in [0.29, 0.717) is 16.6 Å². The Morgan fingerprint density at radius 2 is 1.52 bits per heavy atom. The van der Waals surface area contributed by atoms with Gasteiger partial charge >= 0.3 is 0 Å². The summed E-state index contributed by atoms with van der Waals surface area (Å²) in [6.07, 6.45) is 0. The van der Waals surface area contributed by atoms with Gasteiger partial charge in [0.25, 0.3) is 8.32 Å². The maximum atomic E-state index is 6.71. The summed E-state index contributed by atoms with van der Waals surface area (Å²) in [5, 5.41) is 2.35. The Bertz CT molecular complexity index is 580. The number of hydrogen-bond donors (Lipinski definition) is 0. The van der Waals surface area contributed by atoms with Crippen molar-refractivity contribution in [3.8, 4) is 5.75 Å². The third-order valence-corrected chi connectivity index (χ3v) is 10.6. The highest BCUT2D eigenvalue weighted by Gasteiger charge is 2.46. The summed E-state index contributed by atoms with van der Waals surface area (Å²) >= 11 is 0. The molecule has 21 heavy (non-hydrogen) atoms.